The Balaban J connectivity index is 2.03. The lowest BCUT2D eigenvalue weighted by Gasteiger charge is -2.10. The van der Waals surface area contributed by atoms with Crippen LogP contribution in [0.15, 0.2) is 41.6 Å². The van der Waals surface area contributed by atoms with Crippen LogP contribution in [0.5, 0.6) is 0 Å². The van der Waals surface area contributed by atoms with Gasteiger partial charge in [0.05, 0.1) is 18.4 Å². The zero-order valence-corrected chi connectivity index (χ0v) is 15.6. The summed E-state index contributed by atoms with van der Waals surface area (Å²) in [5, 5.41) is 9.17. The Morgan fingerprint density at radius 1 is 1.27 bits per heavy atom. The molecular formula is C19H21FN4OS. The molecule has 3 rings (SSSR count). The average molecular weight is 372 g/mol. The number of fused-ring (bicyclic) bond motifs is 1. The van der Waals surface area contributed by atoms with Crippen molar-refractivity contribution in [2.45, 2.75) is 17.9 Å². The number of carbonyl (C=O) groups excluding carboxylic acids is 1. The van der Waals surface area contributed by atoms with Gasteiger partial charge in [-0.15, -0.1) is 11.8 Å². The molecule has 0 fully saturated rings. The Kier molecular flexibility index (Phi) is 5.88. The maximum absolute atomic E-state index is 12.5. The number of alkyl halides is 1. The summed E-state index contributed by atoms with van der Waals surface area (Å²) in [4.78, 5) is 17.0. The number of aryl methyl sites for hydroxylation is 1. The molecule has 0 saturated heterocycles. The average Bonchev–Trinajstić information content (AvgIpc) is 3.04. The van der Waals surface area contributed by atoms with E-state index in [0.717, 1.165) is 27.1 Å². The van der Waals surface area contributed by atoms with E-state index < -0.39 is 0 Å². The molecule has 0 atom stereocenters. The molecule has 1 amide bonds. The highest BCUT2D eigenvalue weighted by molar-refractivity contribution is 7.98. The third-order valence-corrected chi connectivity index (χ3v) is 5.03. The lowest BCUT2D eigenvalue weighted by Crippen LogP contribution is -2.25. The first kappa shape index (κ1) is 18.4. The van der Waals surface area contributed by atoms with Crippen LogP contribution in [0, 0.1) is 0 Å². The van der Waals surface area contributed by atoms with Gasteiger partial charge in [0.15, 0.2) is 0 Å². The van der Waals surface area contributed by atoms with Crippen molar-refractivity contribution in [3.63, 3.8) is 0 Å². The Morgan fingerprint density at radius 3 is 2.85 bits per heavy atom. The molecule has 1 aromatic carbocycles. The molecule has 0 unspecified atom stereocenters. The number of benzene rings is 1. The van der Waals surface area contributed by atoms with Gasteiger partial charge in [0, 0.05) is 24.5 Å². The van der Waals surface area contributed by atoms with Crippen molar-refractivity contribution in [1.29, 1.82) is 0 Å². The molecule has 0 aliphatic carbocycles. The van der Waals surface area contributed by atoms with Gasteiger partial charge >= 0.3 is 0 Å². The number of hydrogen-bond acceptors (Lipinski definition) is 4. The van der Waals surface area contributed by atoms with Crippen LogP contribution in [-0.4, -0.2) is 40.1 Å². The van der Waals surface area contributed by atoms with Crippen LogP contribution < -0.4 is 5.32 Å². The zero-order valence-electron chi connectivity index (χ0n) is 14.8. The van der Waals surface area contributed by atoms with Gasteiger partial charge in [0.25, 0.3) is 5.91 Å². The normalized spacial score (nSPS) is 11.0. The van der Waals surface area contributed by atoms with Gasteiger partial charge in [-0.05, 0) is 36.8 Å². The maximum atomic E-state index is 12.5. The molecule has 5 nitrogen and oxygen atoms in total. The number of nitrogens with one attached hydrogen (secondary N) is 1. The quantitative estimate of drug-likeness (QED) is 0.506. The number of pyridine rings is 1. The van der Waals surface area contributed by atoms with Crippen LogP contribution in [0.25, 0.3) is 22.0 Å². The van der Waals surface area contributed by atoms with Gasteiger partial charge in [-0.2, -0.15) is 5.10 Å². The summed E-state index contributed by atoms with van der Waals surface area (Å²) in [5.41, 5.74) is 3.02. The summed E-state index contributed by atoms with van der Waals surface area (Å²) in [6.07, 6.45) is 4.88. The molecule has 2 heterocycles. The minimum Gasteiger partial charge on any atom is -0.351 e. The largest absolute Gasteiger partial charge is 0.351 e. The number of carbonyl (C=O) groups is 1. The van der Waals surface area contributed by atoms with Crippen molar-refractivity contribution in [2.75, 3.05) is 19.5 Å². The topological polar surface area (TPSA) is 59.8 Å². The predicted octanol–water partition coefficient (Wildman–Crippen LogP) is 3.84. The van der Waals surface area contributed by atoms with Crippen molar-refractivity contribution >= 4 is 28.6 Å². The van der Waals surface area contributed by atoms with E-state index in [1.807, 2.05) is 54.5 Å². The van der Waals surface area contributed by atoms with Gasteiger partial charge in [0.1, 0.15) is 10.7 Å². The van der Waals surface area contributed by atoms with E-state index in [9.17, 15) is 9.18 Å². The number of halogens is 1. The number of nitrogens with zero attached hydrogens (tertiary/aromatic N) is 3. The number of para-hydroxylation sites is 1. The van der Waals surface area contributed by atoms with Crippen LogP contribution in [0.4, 0.5) is 4.39 Å². The summed E-state index contributed by atoms with van der Waals surface area (Å²) in [5.74, 6) is -0.245. The maximum Gasteiger partial charge on any atom is 0.269 e. The number of hydrogen-bond donors (Lipinski definition) is 1. The Labute approximate surface area is 156 Å². The van der Waals surface area contributed by atoms with E-state index in [4.69, 9.17) is 0 Å². The lowest BCUT2D eigenvalue weighted by molar-refractivity contribution is 0.0948. The molecule has 7 heteroatoms. The molecule has 0 spiro atoms. The Morgan fingerprint density at radius 2 is 2.08 bits per heavy atom. The highest BCUT2D eigenvalue weighted by Gasteiger charge is 2.17. The minimum absolute atomic E-state index is 0.245. The van der Waals surface area contributed by atoms with Crippen molar-refractivity contribution in [3.8, 4) is 11.1 Å². The van der Waals surface area contributed by atoms with Gasteiger partial charge in [-0.25, -0.2) is 4.98 Å². The van der Waals surface area contributed by atoms with Crippen molar-refractivity contribution in [3.05, 3.63) is 42.2 Å². The smallest absolute Gasteiger partial charge is 0.269 e. The molecule has 3 aromatic rings. The molecule has 2 aromatic heterocycles. The molecule has 0 aliphatic heterocycles. The molecule has 0 bridgehead atoms. The number of amides is 1. The molecule has 0 radical (unpaired) electrons. The SMILES string of the molecule is CSc1c(-c2cc(C(=O)NCCCCF)nc3ccccc23)cnn1C. The first-order valence-electron chi connectivity index (χ1n) is 8.46. The van der Waals surface area contributed by atoms with E-state index in [1.165, 1.54) is 0 Å². The van der Waals surface area contributed by atoms with Gasteiger partial charge in [-0.3, -0.25) is 13.9 Å². The van der Waals surface area contributed by atoms with Crippen LogP contribution in [0.1, 0.15) is 23.3 Å². The molecule has 0 saturated carbocycles. The van der Waals surface area contributed by atoms with Gasteiger partial charge < -0.3 is 5.32 Å². The van der Waals surface area contributed by atoms with Crippen molar-refractivity contribution in [2.24, 2.45) is 7.05 Å². The minimum atomic E-state index is -0.368. The molecular weight excluding hydrogens is 351 g/mol. The van der Waals surface area contributed by atoms with Crippen LogP contribution in [0.3, 0.4) is 0 Å². The molecule has 1 N–H and O–H groups in total. The predicted molar refractivity (Wildman–Crippen MR) is 103 cm³/mol. The highest BCUT2D eigenvalue weighted by Crippen LogP contribution is 2.34. The second-order valence-corrected chi connectivity index (χ2v) is 6.71. The fourth-order valence-corrected chi connectivity index (χ4v) is 3.57. The third kappa shape index (κ3) is 3.72. The summed E-state index contributed by atoms with van der Waals surface area (Å²) in [6, 6.07) is 9.56. The first-order chi connectivity index (χ1) is 12.7. The van der Waals surface area contributed by atoms with E-state index in [0.29, 0.717) is 25.1 Å². The van der Waals surface area contributed by atoms with Gasteiger partial charge in [0.2, 0.25) is 0 Å². The second-order valence-electron chi connectivity index (χ2n) is 5.92. The zero-order chi connectivity index (χ0) is 18.5. The third-order valence-electron chi connectivity index (χ3n) is 4.16. The molecule has 26 heavy (non-hydrogen) atoms. The van der Waals surface area contributed by atoms with Crippen LogP contribution in [-0.2, 0) is 7.05 Å². The summed E-state index contributed by atoms with van der Waals surface area (Å²) in [7, 11) is 1.90. The van der Waals surface area contributed by atoms with Crippen molar-refractivity contribution in [1.82, 2.24) is 20.1 Å². The Hall–Kier alpha value is -2.41. The van der Waals surface area contributed by atoms with E-state index in [2.05, 4.69) is 15.4 Å². The summed E-state index contributed by atoms with van der Waals surface area (Å²) in [6.45, 7) is 0.0717. The van der Waals surface area contributed by atoms with Crippen LogP contribution >= 0.6 is 11.8 Å². The van der Waals surface area contributed by atoms with E-state index in [1.54, 1.807) is 11.8 Å². The summed E-state index contributed by atoms with van der Waals surface area (Å²) >= 11 is 1.61. The number of thioether (sulfide) groups is 1. The lowest BCUT2D eigenvalue weighted by atomic mass is 10.0. The summed E-state index contributed by atoms with van der Waals surface area (Å²) < 4.78 is 14.0. The fraction of sp³-hybridized carbons (Fsp3) is 0.316. The molecule has 0 aliphatic rings. The van der Waals surface area contributed by atoms with E-state index in [-0.39, 0.29) is 12.6 Å². The second kappa shape index (κ2) is 8.31. The van der Waals surface area contributed by atoms with Crippen LogP contribution in [0.2, 0.25) is 0 Å². The Bertz CT molecular complexity index is 925. The van der Waals surface area contributed by atoms with Crippen molar-refractivity contribution < 1.29 is 9.18 Å². The number of rotatable bonds is 7. The molecule has 136 valence electrons. The van der Waals surface area contributed by atoms with Gasteiger partial charge in [-0.1, -0.05) is 18.2 Å². The van der Waals surface area contributed by atoms with E-state index >= 15 is 0 Å². The highest BCUT2D eigenvalue weighted by atomic mass is 32.2. The standard InChI is InChI=1S/C19H21FN4OS/c1-24-19(26-2)15(12-22-24)14-11-17(18(25)21-10-6-5-9-20)23-16-8-4-3-7-13(14)16/h3-4,7-8,11-12H,5-6,9-10H2,1-2H3,(H,21,25). The number of unbranched alkanes of at least 4 members (excludes halogenated alkanes) is 1. The monoisotopic (exact) mass is 372 g/mol. The number of aromatic nitrogens is 3. The first-order valence-corrected chi connectivity index (χ1v) is 9.68. The fourth-order valence-electron chi connectivity index (χ4n) is 2.88.